The van der Waals surface area contributed by atoms with E-state index in [0.717, 1.165) is 40.7 Å². The largest absolute Gasteiger partial charge is 0.474 e. The van der Waals surface area contributed by atoms with E-state index in [1.54, 1.807) is 16.6 Å². The Bertz CT molecular complexity index is 1350. The van der Waals surface area contributed by atoms with Crippen LogP contribution in [0.1, 0.15) is 18.5 Å². The van der Waals surface area contributed by atoms with E-state index in [2.05, 4.69) is 22.0 Å². The first-order valence-corrected chi connectivity index (χ1v) is 11.2. The SMILES string of the molecule is C=CC(=O)N(C)[C@H]1C[C@H](Oc2nc(Nc3cn(C)nc3C)nc3[nH]cc(-c4ccccc4)c23)C1. The summed E-state index contributed by atoms with van der Waals surface area (Å²) in [6.07, 6.45) is 6.58. The number of nitrogens with zero attached hydrogens (tertiary/aromatic N) is 5. The number of carbonyl (C=O) groups excluding carboxylic acids is 1. The maximum absolute atomic E-state index is 11.9. The number of aromatic amines is 1. The topological polar surface area (TPSA) is 101 Å². The van der Waals surface area contributed by atoms with Gasteiger partial charge in [-0.3, -0.25) is 9.48 Å². The molecule has 0 aliphatic heterocycles. The fourth-order valence-electron chi connectivity index (χ4n) is 4.26. The van der Waals surface area contributed by atoms with Gasteiger partial charge in [-0.05, 0) is 18.6 Å². The zero-order chi connectivity index (χ0) is 23.8. The Morgan fingerprint density at radius 2 is 2.06 bits per heavy atom. The van der Waals surface area contributed by atoms with Gasteiger partial charge in [0.2, 0.25) is 17.7 Å². The molecule has 1 amide bonds. The van der Waals surface area contributed by atoms with Crippen molar-refractivity contribution >= 4 is 28.6 Å². The highest BCUT2D eigenvalue weighted by Gasteiger charge is 2.36. The highest BCUT2D eigenvalue weighted by atomic mass is 16.5. The van der Waals surface area contributed by atoms with Crippen LogP contribution in [0.15, 0.2) is 55.4 Å². The molecule has 9 heteroatoms. The fraction of sp³-hybridized carbons (Fsp3) is 0.280. The molecule has 1 fully saturated rings. The Hall–Kier alpha value is -4.14. The van der Waals surface area contributed by atoms with E-state index in [-0.39, 0.29) is 18.1 Å². The smallest absolute Gasteiger partial charge is 0.245 e. The van der Waals surface area contributed by atoms with Gasteiger partial charge in [-0.25, -0.2) is 0 Å². The summed E-state index contributed by atoms with van der Waals surface area (Å²) in [7, 11) is 3.67. The van der Waals surface area contributed by atoms with Gasteiger partial charge in [0.1, 0.15) is 11.8 Å². The van der Waals surface area contributed by atoms with Crippen molar-refractivity contribution in [2.45, 2.75) is 31.9 Å². The van der Waals surface area contributed by atoms with Crippen LogP contribution in [-0.2, 0) is 11.8 Å². The number of likely N-dealkylation sites (N-methyl/N-ethyl adjacent to an activating group) is 1. The lowest BCUT2D eigenvalue weighted by atomic mass is 9.88. The molecule has 34 heavy (non-hydrogen) atoms. The lowest BCUT2D eigenvalue weighted by molar-refractivity contribution is -0.130. The van der Waals surface area contributed by atoms with Crippen LogP contribution in [0.2, 0.25) is 0 Å². The molecule has 9 nitrogen and oxygen atoms in total. The number of fused-ring (bicyclic) bond motifs is 1. The third kappa shape index (κ3) is 4.00. The lowest BCUT2D eigenvalue weighted by Gasteiger charge is -2.40. The lowest BCUT2D eigenvalue weighted by Crippen LogP contribution is -2.49. The number of nitrogens with one attached hydrogen (secondary N) is 2. The molecular formula is C25H27N7O2. The quantitative estimate of drug-likeness (QED) is 0.407. The first-order chi connectivity index (χ1) is 16.4. The summed E-state index contributed by atoms with van der Waals surface area (Å²) in [6, 6.07) is 10.2. The summed E-state index contributed by atoms with van der Waals surface area (Å²) >= 11 is 0. The maximum Gasteiger partial charge on any atom is 0.245 e. The van der Waals surface area contributed by atoms with Crippen LogP contribution < -0.4 is 10.1 Å². The predicted octanol–water partition coefficient (Wildman–Crippen LogP) is 3.96. The fourth-order valence-corrected chi connectivity index (χ4v) is 4.26. The molecular weight excluding hydrogens is 430 g/mol. The minimum absolute atomic E-state index is 0.0466. The van der Waals surface area contributed by atoms with Crippen molar-refractivity contribution in [1.29, 1.82) is 0 Å². The van der Waals surface area contributed by atoms with Crippen LogP contribution in [0.5, 0.6) is 5.88 Å². The number of anilines is 2. The Kier molecular flexibility index (Phi) is 5.53. The van der Waals surface area contributed by atoms with Gasteiger partial charge < -0.3 is 19.9 Å². The normalized spacial score (nSPS) is 17.3. The van der Waals surface area contributed by atoms with E-state index in [9.17, 15) is 4.79 Å². The van der Waals surface area contributed by atoms with Gasteiger partial charge in [-0.1, -0.05) is 36.9 Å². The molecule has 3 heterocycles. The number of rotatable bonds is 7. The molecule has 0 unspecified atom stereocenters. The van der Waals surface area contributed by atoms with E-state index in [1.165, 1.54) is 6.08 Å². The van der Waals surface area contributed by atoms with Gasteiger partial charge >= 0.3 is 0 Å². The van der Waals surface area contributed by atoms with Crippen LogP contribution in [-0.4, -0.2) is 54.7 Å². The number of hydrogen-bond donors (Lipinski definition) is 2. The monoisotopic (exact) mass is 457 g/mol. The number of carbonyl (C=O) groups is 1. The third-order valence-corrected chi connectivity index (χ3v) is 6.26. The average molecular weight is 458 g/mol. The predicted molar refractivity (Wildman–Crippen MR) is 131 cm³/mol. The second-order valence-corrected chi connectivity index (χ2v) is 8.59. The highest BCUT2D eigenvalue weighted by Crippen LogP contribution is 2.37. The summed E-state index contributed by atoms with van der Waals surface area (Å²) in [6.45, 7) is 5.50. The minimum Gasteiger partial charge on any atom is -0.474 e. The van der Waals surface area contributed by atoms with E-state index >= 15 is 0 Å². The molecule has 0 saturated heterocycles. The minimum atomic E-state index is -0.0804. The summed E-state index contributed by atoms with van der Waals surface area (Å²) < 4.78 is 8.14. The molecule has 3 aromatic heterocycles. The second-order valence-electron chi connectivity index (χ2n) is 8.59. The number of H-pyrrole nitrogens is 1. The van der Waals surface area contributed by atoms with Crippen molar-refractivity contribution < 1.29 is 9.53 Å². The molecule has 5 rings (SSSR count). The molecule has 1 aliphatic rings. The molecule has 0 bridgehead atoms. The van der Waals surface area contributed by atoms with Crippen LogP contribution in [0.4, 0.5) is 11.6 Å². The highest BCUT2D eigenvalue weighted by molar-refractivity contribution is 5.97. The summed E-state index contributed by atoms with van der Waals surface area (Å²) in [4.78, 5) is 26.4. The molecule has 1 aromatic carbocycles. The third-order valence-electron chi connectivity index (χ3n) is 6.26. The van der Waals surface area contributed by atoms with Crippen molar-refractivity contribution in [3.8, 4) is 17.0 Å². The number of hydrogen-bond acceptors (Lipinski definition) is 6. The molecule has 4 aromatic rings. The Morgan fingerprint density at radius 1 is 1.29 bits per heavy atom. The first-order valence-electron chi connectivity index (χ1n) is 11.2. The molecule has 1 aliphatic carbocycles. The first kappa shape index (κ1) is 21.7. The van der Waals surface area contributed by atoms with Crippen molar-refractivity contribution in [1.82, 2.24) is 29.6 Å². The Balaban J connectivity index is 1.48. The summed E-state index contributed by atoms with van der Waals surface area (Å²) in [5, 5.41) is 8.47. The zero-order valence-electron chi connectivity index (χ0n) is 19.4. The molecule has 1 saturated carbocycles. The Labute approximate surface area is 197 Å². The Morgan fingerprint density at radius 3 is 2.74 bits per heavy atom. The van der Waals surface area contributed by atoms with E-state index < -0.39 is 0 Å². The van der Waals surface area contributed by atoms with Crippen molar-refractivity contribution in [3.05, 3.63) is 61.1 Å². The van der Waals surface area contributed by atoms with Crippen molar-refractivity contribution in [3.63, 3.8) is 0 Å². The van der Waals surface area contributed by atoms with Gasteiger partial charge in [0.05, 0.1) is 16.8 Å². The number of aryl methyl sites for hydroxylation is 2. The van der Waals surface area contributed by atoms with Gasteiger partial charge in [0.15, 0.2) is 0 Å². The van der Waals surface area contributed by atoms with Crippen LogP contribution >= 0.6 is 0 Å². The molecule has 0 spiro atoms. The molecule has 2 N–H and O–H groups in total. The standard InChI is InChI=1S/C25H27N7O2/c1-5-21(33)32(4)17-11-18(12-17)34-24-22-19(16-9-7-6-8-10-16)13-26-23(22)28-25(29-24)27-20-14-31(3)30-15(20)2/h5-10,13-14,17-18H,1,11-12H2,2-4H3,(H2,26,27,28,29)/t17-,18-. The van der Waals surface area contributed by atoms with E-state index in [1.807, 2.05) is 56.7 Å². The summed E-state index contributed by atoms with van der Waals surface area (Å²) in [5.74, 6) is 0.855. The van der Waals surface area contributed by atoms with Crippen molar-refractivity contribution in [2.24, 2.45) is 7.05 Å². The summed E-state index contributed by atoms with van der Waals surface area (Å²) in [5.41, 5.74) is 4.39. The number of amides is 1. The maximum atomic E-state index is 11.9. The van der Waals surface area contributed by atoms with Gasteiger partial charge in [0.25, 0.3) is 0 Å². The second kappa shape index (κ2) is 8.66. The van der Waals surface area contributed by atoms with Gasteiger partial charge in [0, 0.05) is 50.9 Å². The zero-order valence-corrected chi connectivity index (χ0v) is 19.4. The number of benzene rings is 1. The number of ether oxygens (including phenoxy) is 1. The van der Waals surface area contributed by atoms with E-state index in [0.29, 0.717) is 17.5 Å². The van der Waals surface area contributed by atoms with Crippen molar-refractivity contribution in [2.75, 3.05) is 12.4 Å². The van der Waals surface area contributed by atoms with Crippen LogP contribution in [0.3, 0.4) is 0 Å². The molecule has 0 atom stereocenters. The average Bonchev–Trinajstić information content (AvgIpc) is 3.37. The molecule has 0 radical (unpaired) electrons. The van der Waals surface area contributed by atoms with Crippen LogP contribution in [0.25, 0.3) is 22.2 Å². The van der Waals surface area contributed by atoms with Crippen LogP contribution in [0, 0.1) is 6.92 Å². The van der Waals surface area contributed by atoms with Gasteiger partial charge in [-0.2, -0.15) is 15.1 Å². The number of aromatic nitrogens is 5. The molecule has 174 valence electrons. The van der Waals surface area contributed by atoms with E-state index in [4.69, 9.17) is 14.7 Å². The van der Waals surface area contributed by atoms with Gasteiger partial charge in [-0.15, -0.1) is 0 Å².